The van der Waals surface area contributed by atoms with E-state index < -0.39 is 0 Å². The Labute approximate surface area is 124 Å². The summed E-state index contributed by atoms with van der Waals surface area (Å²) in [6, 6.07) is 0. The van der Waals surface area contributed by atoms with Crippen molar-refractivity contribution in [2.24, 2.45) is 29.6 Å². The number of amides is 1. The fourth-order valence-electron chi connectivity index (χ4n) is 4.92. The normalized spacial score (nSPS) is 41.3. The molecule has 0 aromatic rings. The van der Waals surface area contributed by atoms with Crippen LogP contribution < -0.4 is 5.32 Å². The van der Waals surface area contributed by atoms with Crippen LogP contribution in [0.3, 0.4) is 0 Å². The lowest BCUT2D eigenvalue weighted by molar-refractivity contribution is -0.138. The molecule has 4 rings (SSSR count). The number of carbonyl (C=O) groups excluding carboxylic acids is 1. The summed E-state index contributed by atoms with van der Waals surface area (Å²) < 4.78 is 5.08. The van der Waals surface area contributed by atoms with Crippen molar-refractivity contribution >= 4 is 21.8 Å². The lowest BCUT2D eigenvalue weighted by Gasteiger charge is -2.53. The predicted octanol–water partition coefficient (Wildman–Crippen LogP) is 2.58. The van der Waals surface area contributed by atoms with Crippen molar-refractivity contribution < 1.29 is 9.53 Å². The van der Waals surface area contributed by atoms with E-state index in [2.05, 4.69) is 21.2 Å². The third kappa shape index (κ3) is 2.85. The van der Waals surface area contributed by atoms with E-state index in [0.29, 0.717) is 36.8 Å². The Kier molecular flexibility index (Phi) is 4.18. The van der Waals surface area contributed by atoms with E-state index >= 15 is 0 Å². The van der Waals surface area contributed by atoms with E-state index in [-0.39, 0.29) is 4.83 Å². The van der Waals surface area contributed by atoms with E-state index in [0.717, 1.165) is 11.8 Å². The number of hydrogen-bond donors (Lipinski definition) is 1. The lowest BCUT2D eigenvalue weighted by atomic mass is 9.51. The Morgan fingerprint density at radius 3 is 2.32 bits per heavy atom. The SMILES string of the molecule is COCC(Br)CNC(=O)C1C2CC3CC(C2)CC1C3. The van der Waals surface area contributed by atoms with Crippen molar-refractivity contribution in [3.63, 3.8) is 0 Å². The molecule has 0 radical (unpaired) electrons. The first-order valence-electron chi connectivity index (χ1n) is 7.58. The van der Waals surface area contributed by atoms with Gasteiger partial charge in [-0.25, -0.2) is 0 Å². The molecule has 1 unspecified atom stereocenters. The van der Waals surface area contributed by atoms with Crippen molar-refractivity contribution in [1.29, 1.82) is 0 Å². The van der Waals surface area contributed by atoms with Gasteiger partial charge in [0.25, 0.3) is 0 Å². The van der Waals surface area contributed by atoms with Gasteiger partial charge in [0, 0.05) is 19.6 Å². The summed E-state index contributed by atoms with van der Waals surface area (Å²) in [5.41, 5.74) is 0. The molecule has 0 spiro atoms. The molecule has 4 fully saturated rings. The largest absolute Gasteiger partial charge is 0.383 e. The van der Waals surface area contributed by atoms with Gasteiger partial charge in [0.2, 0.25) is 5.91 Å². The molecular formula is C15H24BrNO2. The number of carbonyl (C=O) groups is 1. The van der Waals surface area contributed by atoms with Crippen LogP contribution in [0.4, 0.5) is 0 Å². The number of halogens is 1. The van der Waals surface area contributed by atoms with Crippen molar-refractivity contribution in [3.05, 3.63) is 0 Å². The molecule has 0 heterocycles. The second kappa shape index (κ2) is 5.72. The summed E-state index contributed by atoms with van der Waals surface area (Å²) in [5, 5.41) is 3.13. The molecule has 4 saturated carbocycles. The first-order chi connectivity index (χ1) is 9.17. The number of alkyl halides is 1. The highest BCUT2D eigenvalue weighted by atomic mass is 79.9. The Morgan fingerprint density at radius 2 is 1.79 bits per heavy atom. The molecule has 0 aliphatic heterocycles. The summed E-state index contributed by atoms with van der Waals surface area (Å²) >= 11 is 3.53. The molecule has 0 aromatic carbocycles. The fourth-order valence-corrected chi connectivity index (χ4v) is 5.35. The summed E-state index contributed by atoms with van der Waals surface area (Å²) in [6.45, 7) is 1.32. The van der Waals surface area contributed by atoms with Crippen LogP contribution in [0.25, 0.3) is 0 Å². The van der Waals surface area contributed by atoms with Crippen molar-refractivity contribution in [3.8, 4) is 0 Å². The molecule has 4 heteroatoms. The minimum Gasteiger partial charge on any atom is -0.383 e. The third-order valence-corrected chi connectivity index (χ3v) is 5.96. The monoisotopic (exact) mass is 329 g/mol. The van der Waals surface area contributed by atoms with Crippen LogP contribution in [0.5, 0.6) is 0 Å². The van der Waals surface area contributed by atoms with Crippen LogP contribution in [-0.2, 0) is 9.53 Å². The topological polar surface area (TPSA) is 38.3 Å². The molecule has 19 heavy (non-hydrogen) atoms. The van der Waals surface area contributed by atoms with Crippen LogP contribution in [0, 0.1) is 29.6 Å². The Hall–Kier alpha value is -0.0900. The molecule has 0 aromatic heterocycles. The fraction of sp³-hybridized carbons (Fsp3) is 0.933. The first-order valence-corrected chi connectivity index (χ1v) is 8.49. The van der Waals surface area contributed by atoms with Gasteiger partial charge in [-0.2, -0.15) is 0 Å². The Balaban J connectivity index is 1.55. The summed E-state index contributed by atoms with van der Waals surface area (Å²) in [5.74, 6) is 3.82. The average Bonchev–Trinajstić information content (AvgIpc) is 2.35. The van der Waals surface area contributed by atoms with Gasteiger partial charge in [-0.05, 0) is 55.8 Å². The minimum atomic E-state index is 0.221. The molecule has 108 valence electrons. The number of ether oxygens (including phenoxy) is 1. The maximum Gasteiger partial charge on any atom is 0.223 e. The van der Waals surface area contributed by atoms with E-state index in [4.69, 9.17) is 4.74 Å². The smallest absolute Gasteiger partial charge is 0.223 e. The van der Waals surface area contributed by atoms with Crippen LogP contribution in [-0.4, -0.2) is 31.0 Å². The van der Waals surface area contributed by atoms with Crippen LogP contribution in [0.1, 0.15) is 32.1 Å². The number of rotatable bonds is 5. The van der Waals surface area contributed by atoms with Gasteiger partial charge in [0.1, 0.15) is 0 Å². The van der Waals surface area contributed by atoms with Gasteiger partial charge < -0.3 is 10.1 Å². The molecule has 4 aliphatic carbocycles. The van der Waals surface area contributed by atoms with E-state index in [1.165, 1.54) is 32.1 Å². The highest BCUT2D eigenvalue weighted by Gasteiger charge is 2.50. The molecular weight excluding hydrogens is 306 g/mol. The molecule has 4 aliphatic rings. The number of methoxy groups -OCH3 is 1. The third-order valence-electron chi connectivity index (χ3n) is 5.37. The highest BCUT2D eigenvalue weighted by molar-refractivity contribution is 9.09. The van der Waals surface area contributed by atoms with Crippen LogP contribution in [0.15, 0.2) is 0 Å². The molecule has 1 N–H and O–H groups in total. The van der Waals surface area contributed by atoms with Crippen LogP contribution in [0.2, 0.25) is 0 Å². The zero-order valence-electron chi connectivity index (χ0n) is 11.6. The molecule has 1 atom stereocenters. The predicted molar refractivity (Wildman–Crippen MR) is 78.1 cm³/mol. The van der Waals surface area contributed by atoms with Crippen molar-refractivity contribution in [2.45, 2.75) is 36.9 Å². The number of nitrogens with one attached hydrogen (secondary N) is 1. The maximum atomic E-state index is 12.5. The zero-order chi connectivity index (χ0) is 13.4. The van der Waals surface area contributed by atoms with Crippen molar-refractivity contribution in [1.82, 2.24) is 5.32 Å². The number of hydrogen-bond acceptors (Lipinski definition) is 2. The van der Waals surface area contributed by atoms with Crippen molar-refractivity contribution in [2.75, 3.05) is 20.3 Å². The second-order valence-electron chi connectivity index (χ2n) is 6.75. The lowest BCUT2D eigenvalue weighted by Crippen LogP contribution is -2.51. The molecule has 0 saturated heterocycles. The maximum absolute atomic E-state index is 12.5. The summed E-state index contributed by atoms with van der Waals surface area (Å²) in [6.07, 6.45) is 6.67. The van der Waals surface area contributed by atoms with Gasteiger partial charge >= 0.3 is 0 Å². The van der Waals surface area contributed by atoms with E-state index in [9.17, 15) is 4.79 Å². The quantitative estimate of drug-likeness (QED) is 0.787. The highest BCUT2D eigenvalue weighted by Crippen LogP contribution is 2.56. The molecule has 3 nitrogen and oxygen atoms in total. The molecule has 1 amide bonds. The first kappa shape index (κ1) is 13.9. The van der Waals surface area contributed by atoms with E-state index in [1.54, 1.807) is 7.11 Å². The Morgan fingerprint density at radius 1 is 1.21 bits per heavy atom. The minimum absolute atomic E-state index is 0.221. The van der Waals surface area contributed by atoms with Crippen LogP contribution >= 0.6 is 15.9 Å². The van der Waals surface area contributed by atoms with E-state index in [1.807, 2.05) is 0 Å². The van der Waals surface area contributed by atoms with Gasteiger partial charge in [0.15, 0.2) is 0 Å². The molecule has 4 bridgehead atoms. The zero-order valence-corrected chi connectivity index (χ0v) is 13.2. The Bertz CT molecular complexity index is 319. The summed E-state index contributed by atoms with van der Waals surface area (Å²) in [7, 11) is 1.69. The second-order valence-corrected chi connectivity index (χ2v) is 8.05. The standard InChI is InChI=1S/C15H24BrNO2/c1-19-8-13(16)7-17-15(18)14-11-3-9-2-10(5-11)6-12(14)4-9/h9-14H,2-8H2,1H3,(H,17,18). The average molecular weight is 330 g/mol. The van der Waals surface area contributed by atoms with Gasteiger partial charge in [-0.3, -0.25) is 4.79 Å². The summed E-state index contributed by atoms with van der Waals surface area (Å²) in [4.78, 5) is 12.7. The van der Waals surface area contributed by atoms with Gasteiger partial charge in [-0.1, -0.05) is 15.9 Å². The van der Waals surface area contributed by atoms with Gasteiger partial charge in [-0.15, -0.1) is 0 Å². The van der Waals surface area contributed by atoms with Gasteiger partial charge in [0.05, 0.1) is 11.4 Å².